The summed E-state index contributed by atoms with van der Waals surface area (Å²) >= 11 is 0. The van der Waals surface area contributed by atoms with E-state index in [4.69, 9.17) is 5.73 Å². The number of piperidine rings is 1. The van der Waals surface area contributed by atoms with Crippen LogP contribution in [0.15, 0.2) is 24.3 Å². The fourth-order valence-electron chi connectivity index (χ4n) is 2.67. The Morgan fingerprint density at radius 1 is 1.33 bits per heavy atom. The summed E-state index contributed by atoms with van der Waals surface area (Å²) in [7, 11) is 0. The second-order valence-electron chi connectivity index (χ2n) is 5.44. The summed E-state index contributed by atoms with van der Waals surface area (Å²) in [4.78, 5) is 2.49. The SMILES string of the molecule is C[C@@H]1CCN(CCc2ccc(F)cc2)C[C@@H]1CN. The van der Waals surface area contributed by atoms with Crippen molar-refractivity contribution in [2.24, 2.45) is 17.6 Å². The number of rotatable bonds is 4. The molecule has 0 radical (unpaired) electrons. The van der Waals surface area contributed by atoms with Crippen LogP contribution in [-0.2, 0) is 6.42 Å². The molecule has 0 bridgehead atoms. The van der Waals surface area contributed by atoms with Gasteiger partial charge in [0, 0.05) is 13.1 Å². The Bertz CT molecular complexity index is 363. The number of nitrogens with zero attached hydrogens (tertiary/aromatic N) is 1. The van der Waals surface area contributed by atoms with E-state index in [1.807, 2.05) is 12.1 Å². The van der Waals surface area contributed by atoms with Crippen molar-refractivity contribution in [2.75, 3.05) is 26.2 Å². The number of hydrogen-bond donors (Lipinski definition) is 1. The Morgan fingerprint density at radius 3 is 2.72 bits per heavy atom. The second kappa shape index (κ2) is 6.30. The van der Waals surface area contributed by atoms with Gasteiger partial charge in [-0.15, -0.1) is 0 Å². The largest absolute Gasteiger partial charge is 0.330 e. The third kappa shape index (κ3) is 3.53. The molecule has 0 spiro atoms. The average Bonchev–Trinajstić information content (AvgIpc) is 2.39. The summed E-state index contributed by atoms with van der Waals surface area (Å²) in [5, 5.41) is 0. The predicted octanol–water partition coefficient (Wildman–Crippen LogP) is 2.28. The van der Waals surface area contributed by atoms with Gasteiger partial charge in [-0.1, -0.05) is 19.1 Å². The van der Waals surface area contributed by atoms with Crippen LogP contribution >= 0.6 is 0 Å². The summed E-state index contributed by atoms with van der Waals surface area (Å²) in [6.45, 7) is 6.41. The number of halogens is 1. The highest BCUT2D eigenvalue weighted by Crippen LogP contribution is 2.22. The normalized spacial score (nSPS) is 25.3. The molecule has 0 amide bonds. The van der Waals surface area contributed by atoms with Gasteiger partial charge in [-0.05, 0) is 55.5 Å². The first-order valence-corrected chi connectivity index (χ1v) is 6.86. The molecule has 100 valence electrons. The van der Waals surface area contributed by atoms with Crippen molar-refractivity contribution in [3.05, 3.63) is 35.6 Å². The van der Waals surface area contributed by atoms with Crippen molar-refractivity contribution in [1.82, 2.24) is 4.90 Å². The fourth-order valence-corrected chi connectivity index (χ4v) is 2.67. The highest BCUT2D eigenvalue weighted by atomic mass is 19.1. The minimum absolute atomic E-state index is 0.159. The number of likely N-dealkylation sites (tertiary alicyclic amines) is 1. The molecule has 1 fully saturated rings. The minimum Gasteiger partial charge on any atom is -0.330 e. The Labute approximate surface area is 109 Å². The van der Waals surface area contributed by atoms with Crippen molar-refractivity contribution in [3.63, 3.8) is 0 Å². The van der Waals surface area contributed by atoms with Crippen molar-refractivity contribution >= 4 is 0 Å². The molecular formula is C15H23FN2. The molecule has 1 heterocycles. The Balaban J connectivity index is 1.81. The molecule has 0 unspecified atom stereocenters. The van der Waals surface area contributed by atoms with E-state index in [1.165, 1.54) is 30.7 Å². The molecule has 1 aromatic carbocycles. The van der Waals surface area contributed by atoms with Crippen molar-refractivity contribution in [2.45, 2.75) is 19.8 Å². The molecule has 1 aliphatic rings. The van der Waals surface area contributed by atoms with Crippen LogP contribution in [0.1, 0.15) is 18.9 Å². The van der Waals surface area contributed by atoms with Crippen LogP contribution in [0.2, 0.25) is 0 Å². The minimum atomic E-state index is -0.159. The maximum Gasteiger partial charge on any atom is 0.123 e. The molecule has 1 saturated heterocycles. The standard InChI is InChI=1S/C15H23FN2/c1-12-6-8-18(11-14(12)10-17)9-7-13-2-4-15(16)5-3-13/h2-5,12,14H,6-11,17H2,1H3/t12-,14+/m1/s1. The van der Waals surface area contributed by atoms with E-state index in [9.17, 15) is 4.39 Å². The number of hydrogen-bond acceptors (Lipinski definition) is 2. The van der Waals surface area contributed by atoms with Gasteiger partial charge in [0.05, 0.1) is 0 Å². The summed E-state index contributed by atoms with van der Waals surface area (Å²) < 4.78 is 12.8. The highest BCUT2D eigenvalue weighted by molar-refractivity contribution is 5.16. The van der Waals surface area contributed by atoms with Crippen LogP contribution in [0.25, 0.3) is 0 Å². The number of nitrogens with two attached hydrogens (primary N) is 1. The highest BCUT2D eigenvalue weighted by Gasteiger charge is 2.24. The van der Waals surface area contributed by atoms with E-state index in [-0.39, 0.29) is 5.82 Å². The summed E-state index contributed by atoms with van der Waals surface area (Å²) in [5.41, 5.74) is 7.02. The van der Waals surface area contributed by atoms with Crippen LogP contribution in [0.3, 0.4) is 0 Å². The van der Waals surface area contributed by atoms with Gasteiger partial charge < -0.3 is 10.6 Å². The zero-order valence-corrected chi connectivity index (χ0v) is 11.1. The third-order valence-corrected chi connectivity index (χ3v) is 4.13. The Morgan fingerprint density at radius 2 is 2.06 bits per heavy atom. The number of benzene rings is 1. The molecule has 2 nitrogen and oxygen atoms in total. The molecular weight excluding hydrogens is 227 g/mol. The van der Waals surface area contributed by atoms with E-state index >= 15 is 0 Å². The Hall–Kier alpha value is -0.930. The van der Waals surface area contributed by atoms with Crippen molar-refractivity contribution < 1.29 is 4.39 Å². The van der Waals surface area contributed by atoms with Gasteiger partial charge in [0.15, 0.2) is 0 Å². The summed E-state index contributed by atoms with van der Waals surface area (Å²) in [6, 6.07) is 6.83. The van der Waals surface area contributed by atoms with Gasteiger partial charge in [0.2, 0.25) is 0 Å². The maximum atomic E-state index is 12.8. The maximum absolute atomic E-state index is 12.8. The zero-order valence-electron chi connectivity index (χ0n) is 11.1. The van der Waals surface area contributed by atoms with Crippen molar-refractivity contribution in [3.8, 4) is 0 Å². The van der Waals surface area contributed by atoms with E-state index in [2.05, 4.69) is 11.8 Å². The molecule has 18 heavy (non-hydrogen) atoms. The lowest BCUT2D eigenvalue weighted by atomic mass is 9.87. The van der Waals surface area contributed by atoms with Crippen molar-refractivity contribution in [1.29, 1.82) is 0 Å². The van der Waals surface area contributed by atoms with Gasteiger partial charge in [0.1, 0.15) is 5.82 Å². The smallest absolute Gasteiger partial charge is 0.123 e. The monoisotopic (exact) mass is 250 g/mol. The van der Waals surface area contributed by atoms with E-state index < -0.39 is 0 Å². The lowest BCUT2D eigenvalue weighted by molar-refractivity contribution is 0.133. The predicted molar refractivity (Wildman–Crippen MR) is 72.9 cm³/mol. The second-order valence-corrected chi connectivity index (χ2v) is 5.44. The van der Waals surface area contributed by atoms with Gasteiger partial charge >= 0.3 is 0 Å². The van der Waals surface area contributed by atoms with Gasteiger partial charge in [-0.2, -0.15) is 0 Å². The Kier molecular flexibility index (Phi) is 4.72. The van der Waals surface area contributed by atoms with Crippen LogP contribution < -0.4 is 5.73 Å². The quantitative estimate of drug-likeness (QED) is 0.888. The summed E-state index contributed by atoms with van der Waals surface area (Å²) in [6.07, 6.45) is 2.23. The lowest BCUT2D eigenvalue weighted by Gasteiger charge is -2.36. The average molecular weight is 250 g/mol. The molecule has 3 heteroatoms. The molecule has 2 atom stereocenters. The van der Waals surface area contributed by atoms with Crippen LogP contribution in [-0.4, -0.2) is 31.1 Å². The van der Waals surface area contributed by atoms with Gasteiger partial charge in [0.25, 0.3) is 0 Å². The van der Waals surface area contributed by atoms with Crippen LogP contribution in [0.5, 0.6) is 0 Å². The molecule has 0 aliphatic carbocycles. The zero-order chi connectivity index (χ0) is 13.0. The molecule has 0 aromatic heterocycles. The molecule has 2 N–H and O–H groups in total. The first-order chi connectivity index (χ1) is 8.69. The fraction of sp³-hybridized carbons (Fsp3) is 0.600. The van der Waals surface area contributed by atoms with Crippen LogP contribution in [0.4, 0.5) is 4.39 Å². The van der Waals surface area contributed by atoms with Gasteiger partial charge in [-0.25, -0.2) is 4.39 Å². The molecule has 0 saturated carbocycles. The molecule has 1 aromatic rings. The van der Waals surface area contributed by atoms with E-state index in [1.54, 1.807) is 0 Å². The first kappa shape index (κ1) is 13.5. The van der Waals surface area contributed by atoms with Gasteiger partial charge in [-0.3, -0.25) is 0 Å². The lowest BCUT2D eigenvalue weighted by Crippen LogP contribution is -2.43. The van der Waals surface area contributed by atoms with Crippen LogP contribution in [0, 0.1) is 17.7 Å². The third-order valence-electron chi connectivity index (χ3n) is 4.13. The van der Waals surface area contributed by atoms with E-state index in [0.29, 0.717) is 5.92 Å². The van der Waals surface area contributed by atoms with E-state index in [0.717, 1.165) is 32.0 Å². The first-order valence-electron chi connectivity index (χ1n) is 6.86. The molecule has 2 rings (SSSR count). The topological polar surface area (TPSA) is 29.3 Å². The molecule has 1 aliphatic heterocycles. The summed E-state index contributed by atoms with van der Waals surface area (Å²) in [5.74, 6) is 1.22.